The second-order valence-corrected chi connectivity index (χ2v) is 5.96. The van der Waals surface area contributed by atoms with E-state index in [0.29, 0.717) is 5.92 Å². The number of piperidine rings is 1. The molecule has 5 heteroatoms. The van der Waals surface area contributed by atoms with E-state index >= 15 is 0 Å². The Hall–Kier alpha value is -1.36. The van der Waals surface area contributed by atoms with E-state index < -0.39 is 5.97 Å². The third kappa shape index (κ3) is 2.35. The van der Waals surface area contributed by atoms with Crippen LogP contribution in [0.15, 0.2) is 6.20 Å². The van der Waals surface area contributed by atoms with Crippen molar-refractivity contribution >= 4 is 5.97 Å². The van der Waals surface area contributed by atoms with Crippen LogP contribution in [0, 0.1) is 0 Å². The van der Waals surface area contributed by atoms with Gasteiger partial charge in [-0.2, -0.15) is 0 Å². The summed E-state index contributed by atoms with van der Waals surface area (Å²) in [5.41, 5.74) is 0.910. The highest BCUT2D eigenvalue weighted by Crippen LogP contribution is 2.33. The number of carbonyl (C=O) groups is 1. The Balaban J connectivity index is 1.86. The zero-order chi connectivity index (χ0) is 14.1. The summed E-state index contributed by atoms with van der Waals surface area (Å²) in [7, 11) is 0. The fourth-order valence-electron chi connectivity index (χ4n) is 3.66. The van der Waals surface area contributed by atoms with Crippen LogP contribution in [0.4, 0.5) is 0 Å². The number of rotatable bonds is 3. The molecule has 20 heavy (non-hydrogen) atoms. The highest BCUT2D eigenvalue weighted by atomic mass is 16.4. The molecule has 3 heterocycles. The molecule has 1 saturated heterocycles. The van der Waals surface area contributed by atoms with Crippen molar-refractivity contribution in [1.29, 1.82) is 0 Å². The topological polar surface area (TPSA) is 58.4 Å². The first-order valence-corrected chi connectivity index (χ1v) is 7.71. The predicted molar refractivity (Wildman–Crippen MR) is 75.9 cm³/mol. The Morgan fingerprint density at radius 2 is 2.20 bits per heavy atom. The van der Waals surface area contributed by atoms with Crippen LogP contribution in [0.2, 0.25) is 0 Å². The number of carboxylic acids is 1. The van der Waals surface area contributed by atoms with Crippen LogP contribution < -0.4 is 0 Å². The van der Waals surface area contributed by atoms with Crippen molar-refractivity contribution in [3.8, 4) is 0 Å². The number of likely N-dealkylation sites (tertiary alicyclic amines) is 1. The molecule has 2 unspecified atom stereocenters. The molecule has 1 aromatic heterocycles. The molecule has 2 atom stereocenters. The second-order valence-electron chi connectivity index (χ2n) is 5.96. The lowest BCUT2D eigenvalue weighted by atomic mass is 9.94. The molecule has 2 aliphatic rings. The summed E-state index contributed by atoms with van der Waals surface area (Å²) < 4.78 is 2.19. The van der Waals surface area contributed by atoms with Gasteiger partial charge in [-0.15, -0.1) is 0 Å². The van der Waals surface area contributed by atoms with Gasteiger partial charge in [0.1, 0.15) is 5.82 Å². The number of aromatic nitrogens is 2. The lowest BCUT2D eigenvalue weighted by molar-refractivity contribution is -0.139. The molecule has 1 fully saturated rings. The Bertz CT molecular complexity index is 497. The molecule has 1 aromatic rings. The van der Waals surface area contributed by atoms with Crippen LogP contribution in [0.25, 0.3) is 0 Å². The SMILES string of the molecule is CCN1CCCC(c2ncc3n2CCCC3C(=O)O)C1. The summed E-state index contributed by atoms with van der Waals surface area (Å²) in [6.07, 6.45) is 5.87. The maximum Gasteiger partial charge on any atom is 0.312 e. The standard InChI is InChI=1S/C15H23N3O2/c1-2-17-7-3-5-11(10-17)14-16-9-13-12(15(19)20)6-4-8-18(13)14/h9,11-12H,2-8,10H2,1H3,(H,19,20). The first-order valence-electron chi connectivity index (χ1n) is 7.71. The first kappa shape index (κ1) is 13.6. The monoisotopic (exact) mass is 277 g/mol. The molecular weight excluding hydrogens is 254 g/mol. The Morgan fingerprint density at radius 3 is 2.95 bits per heavy atom. The summed E-state index contributed by atoms with van der Waals surface area (Å²) in [5, 5.41) is 9.34. The van der Waals surface area contributed by atoms with Crippen molar-refractivity contribution < 1.29 is 9.90 Å². The van der Waals surface area contributed by atoms with Crippen molar-refractivity contribution in [2.24, 2.45) is 0 Å². The number of hydrogen-bond donors (Lipinski definition) is 1. The van der Waals surface area contributed by atoms with E-state index in [-0.39, 0.29) is 5.92 Å². The first-order chi connectivity index (χ1) is 9.70. The summed E-state index contributed by atoms with van der Waals surface area (Å²) in [5.74, 6) is 0.501. The molecule has 3 rings (SSSR count). The smallest absolute Gasteiger partial charge is 0.312 e. The average Bonchev–Trinajstić information content (AvgIpc) is 2.91. The van der Waals surface area contributed by atoms with Crippen LogP contribution in [-0.4, -0.2) is 45.2 Å². The number of nitrogens with zero attached hydrogens (tertiary/aromatic N) is 3. The van der Waals surface area contributed by atoms with E-state index in [1.54, 1.807) is 6.20 Å². The largest absolute Gasteiger partial charge is 0.481 e. The number of carboxylic acid groups (broad SMARTS) is 1. The number of aliphatic carboxylic acids is 1. The fourth-order valence-corrected chi connectivity index (χ4v) is 3.66. The van der Waals surface area contributed by atoms with E-state index in [4.69, 9.17) is 0 Å². The highest BCUT2D eigenvalue weighted by molar-refractivity contribution is 5.75. The Kier molecular flexibility index (Phi) is 3.78. The van der Waals surface area contributed by atoms with Crippen molar-refractivity contribution in [2.75, 3.05) is 19.6 Å². The maximum absolute atomic E-state index is 11.4. The lowest BCUT2D eigenvalue weighted by Crippen LogP contribution is -2.35. The highest BCUT2D eigenvalue weighted by Gasteiger charge is 2.31. The molecule has 2 aliphatic heterocycles. The third-order valence-electron chi connectivity index (χ3n) is 4.76. The molecule has 0 bridgehead atoms. The van der Waals surface area contributed by atoms with Crippen molar-refractivity contribution in [3.63, 3.8) is 0 Å². The van der Waals surface area contributed by atoms with E-state index in [0.717, 1.165) is 44.0 Å². The fraction of sp³-hybridized carbons (Fsp3) is 0.733. The van der Waals surface area contributed by atoms with Crippen LogP contribution in [0.3, 0.4) is 0 Å². The van der Waals surface area contributed by atoms with E-state index in [1.807, 2.05) is 0 Å². The van der Waals surface area contributed by atoms with Crippen molar-refractivity contribution in [1.82, 2.24) is 14.5 Å². The van der Waals surface area contributed by atoms with E-state index in [1.165, 1.54) is 19.4 Å². The lowest BCUT2D eigenvalue weighted by Gasteiger charge is -2.32. The van der Waals surface area contributed by atoms with Gasteiger partial charge in [-0.05, 0) is 38.8 Å². The quantitative estimate of drug-likeness (QED) is 0.918. The van der Waals surface area contributed by atoms with Gasteiger partial charge in [0.15, 0.2) is 0 Å². The van der Waals surface area contributed by atoms with Crippen molar-refractivity contribution in [3.05, 3.63) is 17.7 Å². The zero-order valence-electron chi connectivity index (χ0n) is 12.1. The number of imidazole rings is 1. The number of fused-ring (bicyclic) bond motifs is 1. The van der Waals surface area contributed by atoms with Crippen molar-refractivity contribution in [2.45, 2.75) is 51.0 Å². The molecular formula is C15H23N3O2. The van der Waals surface area contributed by atoms with Gasteiger partial charge in [-0.25, -0.2) is 4.98 Å². The number of hydrogen-bond acceptors (Lipinski definition) is 3. The number of likely N-dealkylation sites (N-methyl/N-ethyl adjacent to an activating group) is 1. The van der Waals surface area contributed by atoms with Crippen LogP contribution in [0.1, 0.15) is 56.0 Å². The van der Waals surface area contributed by atoms with Gasteiger partial charge in [0.2, 0.25) is 0 Å². The molecule has 0 amide bonds. The van der Waals surface area contributed by atoms with Gasteiger partial charge in [0.05, 0.1) is 11.6 Å². The summed E-state index contributed by atoms with van der Waals surface area (Å²) in [4.78, 5) is 18.4. The van der Waals surface area contributed by atoms with E-state index in [2.05, 4.69) is 21.4 Å². The average molecular weight is 277 g/mol. The molecule has 1 N–H and O–H groups in total. The molecule has 5 nitrogen and oxygen atoms in total. The molecule has 0 saturated carbocycles. The summed E-state index contributed by atoms with van der Waals surface area (Å²) in [6.45, 7) is 6.45. The Morgan fingerprint density at radius 1 is 1.40 bits per heavy atom. The van der Waals surface area contributed by atoms with Crippen LogP contribution >= 0.6 is 0 Å². The van der Waals surface area contributed by atoms with Gasteiger partial charge in [0.25, 0.3) is 0 Å². The maximum atomic E-state index is 11.4. The molecule has 0 aliphatic carbocycles. The Labute approximate surface area is 119 Å². The molecule has 0 aromatic carbocycles. The summed E-state index contributed by atoms with van der Waals surface area (Å²) in [6, 6.07) is 0. The molecule has 0 radical (unpaired) electrons. The molecule has 110 valence electrons. The van der Waals surface area contributed by atoms with Gasteiger partial charge < -0.3 is 14.6 Å². The third-order valence-corrected chi connectivity index (χ3v) is 4.76. The summed E-state index contributed by atoms with van der Waals surface area (Å²) >= 11 is 0. The minimum absolute atomic E-state index is 0.365. The minimum atomic E-state index is -0.712. The van der Waals surface area contributed by atoms with Crippen LogP contribution in [0.5, 0.6) is 0 Å². The van der Waals surface area contributed by atoms with Gasteiger partial charge in [0, 0.05) is 25.2 Å². The minimum Gasteiger partial charge on any atom is -0.481 e. The second kappa shape index (κ2) is 5.56. The van der Waals surface area contributed by atoms with Gasteiger partial charge in [-0.1, -0.05) is 6.92 Å². The molecule has 0 spiro atoms. The van der Waals surface area contributed by atoms with Gasteiger partial charge >= 0.3 is 5.97 Å². The normalized spacial score (nSPS) is 27.2. The zero-order valence-corrected chi connectivity index (χ0v) is 12.1. The van der Waals surface area contributed by atoms with E-state index in [9.17, 15) is 9.90 Å². The van der Waals surface area contributed by atoms with Gasteiger partial charge in [-0.3, -0.25) is 4.79 Å². The predicted octanol–water partition coefficient (Wildman–Crippen LogP) is 2.04. The van der Waals surface area contributed by atoms with Crippen LogP contribution in [-0.2, 0) is 11.3 Å².